The summed E-state index contributed by atoms with van der Waals surface area (Å²) in [5.74, 6) is -0.749. The number of carbonyl (C=O) groups is 2. The number of amides is 2. The lowest BCUT2D eigenvalue weighted by atomic mass is 9.81. The van der Waals surface area contributed by atoms with Gasteiger partial charge in [0.1, 0.15) is 0 Å². The van der Waals surface area contributed by atoms with E-state index in [1.54, 1.807) is 5.01 Å². The minimum atomic E-state index is -0.372. The lowest BCUT2D eigenvalue weighted by molar-refractivity contribution is -0.143. The van der Waals surface area contributed by atoms with Crippen LogP contribution in [0.2, 0.25) is 0 Å². The summed E-state index contributed by atoms with van der Waals surface area (Å²) < 4.78 is 0. The molecule has 1 aliphatic carbocycles. The maximum atomic E-state index is 13.5. The second-order valence-electron chi connectivity index (χ2n) is 8.66. The van der Waals surface area contributed by atoms with E-state index in [2.05, 4.69) is 28.6 Å². The van der Waals surface area contributed by atoms with Gasteiger partial charge in [-0.2, -0.15) is 0 Å². The van der Waals surface area contributed by atoms with Gasteiger partial charge in [-0.3, -0.25) is 20.0 Å². The molecule has 2 heterocycles. The van der Waals surface area contributed by atoms with E-state index in [1.807, 2.05) is 60.5 Å². The van der Waals surface area contributed by atoms with E-state index in [4.69, 9.17) is 0 Å². The standard InChI is InChI=1S/C26H28N4O2/c1-29(18-9-3-2-4-10-18)28-25(31)21-12-5-6-13-22(21)26(32)30-16-15-20-19-11-7-8-14-23(19)27-24(20)17-30/h2-11,14,21-22,27H,12-13,15-17H2,1H3,(H,28,31). The maximum absolute atomic E-state index is 13.5. The molecule has 0 saturated carbocycles. The van der Waals surface area contributed by atoms with E-state index < -0.39 is 0 Å². The third-order valence-corrected chi connectivity index (χ3v) is 6.70. The number of benzene rings is 2. The van der Waals surface area contributed by atoms with Crippen LogP contribution in [0.5, 0.6) is 0 Å². The van der Waals surface area contributed by atoms with Crippen LogP contribution in [0.4, 0.5) is 5.69 Å². The van der Waals surface area contributed by atoms with Gasteiger partial charge in [-0.1, -0.05) is 48.6 Å². The van der Waals surface area contributed by atoms with Crippen molar-refractivity contribution in [1.29, 1.82) is 0 Å². The molecule has 1 aromatic heterocycles. The Kier molecular flexibility index (Phi) is 5.43. The van der Waals surface area contributed by atoms with Crippen LogP contribution in [0.25, 0.3) is 10.9 Å². The summed E-state index contributed by atoms with van der Waals surface area (Å²) >= 11 is 0. The molecular formula is C26H28N4O2. The Labute approximate surface area is 187 Å². The SMILES string of the molecule is CN(NC(=O)C1CC=CCC1C(=O)N1CCc2c([nH]c3ccccc23)C1)c1ccccc1. The second kappa shape index (κ2) is 8.54. The van der Waals surface area contributed by atoms with Gasteiger partial charge in [0.05, 0.1) is 24.1 Å². The number of para-hydroxylation sites is 2. The third kappa shape index (κ3) is 3.77. The fraction of sp³-hybridized carbons (Fsp3) is 0.308. The number of anilines is 1. The molecule has 3 aromatic rings. The Hall–Kier alpha value is -3.54. The first kappa shape index (κ1) is 20.4. The normalized spacial score (nSPS) is 20.1. The zero-order valence-corrected chi connectivity index (χ0v) is 18.3. The molecule has 0 saturated heterocycles. The van der Waals surface area contributed by atoms with Crippen molar-refractivity contribution in [3.05, 3.63) is 78.0 Å². The number of hydrazine groups is 1. The van der Waals surface area contributed by atoms with Crippen LogP contribution in [0.1, 0.15) is 24.1 Å². The fourth-order valence-corrected chi connectivity index (χ4v) is 4.96. The number of hydrogen-bond donors (Lipinski definition) is 2. The zero-order valence-electron chi connectivity index (χ0n) is 18.3. The van der Waals surface area contributed by atoms with E-state index >= 15 is 0 Å². The van der Waals surface area contributed by atoms with E-state index in [0.717, 1.165) is 23.3 Å². The molecule has 2 unspecified atom stereocenters. The number of hydrogen-bond acceptors (Lipinski definition) is 3. The van der Waals surface area contributed by atoms with Gasteiger partial charge in [-0.05, 0) is 43.0 Å². The molecule has 2 aromatic carbocycles. The monoisotopic (exact) mass is 428 g/mol. The first-order chi connectivity index (χ1) is 15.6. The second-order valence-corrected chi connectivity index (χ2v) is 8.66. The van der Waals surface area contributed by atoms with Crippen molar-refractivity contribution in [2.24, 2.45) is 11.8 Å². The molecule has 6 nitrogen and oxygen atoms in total. The molecule has 2 atom stereocenters. The van der Waals surface area contributed by atoms with Crippen LogP contribution in [0.3, 0.4) is 0 Å². The molecule has 1 aliphatic heterocycles. The maximum Gasteiger partial charge on any atom is 0.242 e. The minimum Gasteiger partial charge on any atom is -0.357 e. The number of fused-ring (bicyclic) bond motifs is 3. The van der Waals surface area contributed by atoms with E-state index in [0.29, 0.717) is 25.9 Å². The van der Waals surface area contributed by atoms with Gasteiger partial charge in [0.25, 0.3) is 0 Å². The summed E-state index contributed by atoms with van der Waals surface area (Å²) in [4.78, 5) is 32.1. The van der Waals surface area contributed by atoms with Crippen LogP contribution in [-0.4, -0.2) is 35.3 Å². The van der Waals surface area contributed by atoms with E-state index in [-0.39, 0.29) is 23.7 Å². The number of rotatable bonds is 4. The zero-order chi connectivity index (χ0) is 22.1. The van der Waals surface area contributed by atoms with Gasteiger partial charge in [0.15, 0.2) is 0 Å². The van der Waals surface area contributed by atoms with Gasteiger partial charge in [-0.15, -0.1) is 0 Å². The Morgan fingerprint density at radius 2 is 1.72 bits per heavy atom. The van der Waals surface area contributed by atoms with Crippen molar-refractivity contribution in [2.45, 2.75) is 25.8 Å². The predicted octanol–water partition coefficient (Wildman–Crippen LogP) is 3.80. The highest BCUT2D eigenvalue weighted by molar-refractivity contribution is 5.90. The third-order valence-electron chi connectivity index (χ3n) is 6.70. The lowest BCUT2D eigenvalue weighted by Gasteiger charge is -2.35. The molecule has 0 radical (unpaired) electrons. The Morgan fingerprint density at radius 3 is 2.53 bits per heavy atom. The van der Waals surface area contributed by atoms with E-state index in [1.165, 1.54) is 10.9 Å². The summed E-state index contributed by atoms with van der Waals surface area (Å²) in [5.41, 5.74) is 7.42. The highest BCUT2D eigenvalue weighted by Crippen LogP contribution is 2.32. The molecule has 0 bridgehead atoms. The molecule has 32 heavy (non-hydrogen) atoms. The summed E-state index contributed by atoms with van der Waals surface area (Å²) in [6.07, 6.45) is 6.06. The molecule has 2 amide bonds. The average molecular weight is 429 g/mol. The molecule has 0 spiro atoms. The van der Waals surface area contributed by atoms with Gasteiger partial charge < -0.3 is 9.88 Å². The number of aromatic nitrogens is 1. The first-order valence-electron chi connectivity index (χ1n) is 11.2. The number of H-pyrrole nitrogens is 1. The number of aromatic amines is 1. The highest BCUT2D eigenvalue weighted by atomic mass is 16.2. The smallest absolute Gasteiger partial charge is 0.242 e. The Bertz CT molecular complexity index is 1170. The molecule has 6 heteroatoms. The van der Waals surface area contributed by atoms with Gasteiger partial charge in [0.2, 0.25) is 11.8 Å². The van der Waals surface area contributed by atoms with E-state index in [9.17, 15) is 9.59 Å². The topological polar surface area (TPSA) is 68.4 Å². The van der Waals surface area contributed by atoms with Crippen molar-refractivity contribution >= 4 is 28.4 Å². The summed E-state index contributed by atoms with van der Waals surface area (Å²) in [5, 5.41) is 2.97. The summed E-state index contributed by atoms with van der Waals surface area (Å²) in [6.45, 7) is 1.26. The number of nitrogens with zero attached hydrogens (tertiary/aromatic N) is 2. The number of nitrogens with one attached hydrogen (secondary N) is 2. The fourth-order valence-electron chi connectivity index (χ4n) is 4.96. The van der Waals surface area contributed by atoms with Crippen LogP contribution in [0.15, 0.2) is 66.7 Å². The van der Waals surface area contributed by atoms with Gasteiger partial charge in [-0.25, -0.2) is 0 Å². The summed E-state index contributed by atoms with van der Waals surface area (Å²) in [6, 6.07) is 18.0. The minimum absolute atomic E-state index is 0.0705. The molecule has 0 fully saturated rings. The number of allylic oxidation sites excluding steroid dienone is 2. The largest absolute Gasteiger partial charge is 0.357 e. The van der Waals surface area contributed by atoms with Crippen molar-refractivity contribution in [2.75, 3.05) is 18.6 Å². The quantitative estimate of drug-likeness (QED) is 0.491. The van der Waals surface area contributed by atoms with Crippen LogP contribution in [-0.2, 0) is 22.6 Å². The van der Waals surface area contributed by atoms with Gasteiger partial charge in [0, 0.05) is 30.2 Å². The van der Waals surface area contributed by atoms with Gasteiger partial charge >= 0.3 is 0 Å². The average Bonchev–Trinajstić information content (AvgIpc) is 3.22. The van der Waals surface area contributed by atoms with Crippen LogP contribution in [0, 0.1) is 11.8 Å². The number of carbonyl (C=O) groups excluding carboxylic acids is 2. The van der Waals surface area contributed by atoms with Crippen molar-refractivity contribution in [3.63, 3.8) is 0 Å². The molecular weight excluding hydrogens is 400 g/mol. The van der Waals surface area contributed by atoms with Crippen LogP contribution >= 0.6 is 0 Å². The van der Waals surface area contributed by atoms with Crippen molar-refractivity contribution < 1.29 is 9.59 Å². The predicted molar refractivity (Wildman–Crippen MR) is 126 cm³/mol. The lowest BCUT2D eigenvalue weighted by Crippen LogP contribution is -2.49. The Morgan fingerprint density at radius 1 is 1.00 bits per heavy atom. The molecule has 164 valence electrons. The summed E-state index contributed by atoms with van der Waals surface area (Å²) in [7, 11) is 1.82. The Balaban J connectivity index is 1.31. The van der Waals surface area contributed by atoms with Crippen molar-refractivity contribution in [3.8, 4) is 0 Å². The van der Waals surface area contributed by atoms with Crippen LogP contribution < -0.4 is 10.4 Å². The molecule has 2 N–H and O–H groups in total. The highest BCUT2D eigenvalue weighted by Gasteiger charge is 2.38. The molecule has 5 rings (SSSR count). The van der Waals surface area contributed by atoms with Crippen molar-refractivity contribution in [1.82, 2.24) is 15.3 Å². The first-order valence-corrected chi connectivity index (χ1v) is 11.2. The molecule has 2 aliphatic rings.